The van der Waals surface area contributed by atoms with Crippen molar-refractivity contribution in [2.75, 3.05) is 7.05 Å². The maximum absolute atomic E-state index is 11.5. The van der Waals surface area contributed by atoms with Gasteiger partial charge in [0.2, 0.25) is 0 Å². The summed E-state index contributed by atoms with van der Waals surface area (Å²) >= 11 is 3.50. The van der Waals surface area contributed by atoms with Gasteiger partial charge in [0, 0.05) is 23.8 Å². The van der Waals surface area contributed by atoms with Gasteiger partial charge in [0.25, 0.3) is 5.91 Å². The Morgan fingerprint density at radius 3 is 2.79 bits per heavy atom. The third-order valence-corrected chi connectivity index (χ3v) is 3.43. The van der Waals surface area contributed by atoms with Crippen molar-refractivity contribution in [3.63, 3.8) is 0 Å². The molecule has 0 aliphatic rings. The SMILES string of the molecule is CNC(=O)c1ccn(-c2ccc(C(C)N)cc2Br)n1. The molecule has 6 heteroatoms. The van der Waals surface area contributed by atoms with Gasteiger partial charge in [0.05, 0.1) is 5.69 Å². The van der Waals surface area contributed by atoms with Crippen LogP contribution < -0.4 is 11.1 Å². The molecule has 100 valence electrons. The Morgan fingerprint density at radius 2 is 2.21 bits per heavy atom. The summed E-state index contributed by atoms with van der Waals surface area (Å²) in [5.41, 5.74) is 8.11. The molecule has 2 aromatic rings. The van der Waals surface area contributed by atoms with Crippen LogP contribution in [0.4, 0.5) is 0 Å². The molecule has 0 aliphatic heterocycles. The van der Waals surface area contributed by atoms with Crippen LogP contribution in [-0.4, -0.2) is 22.7 Å². The second-order valence-electron chi connectivity index (χ2n) is 4.22. The standard InChI is InChI=1S/C13H15BrN4O/c1-8(15)9-3-4-12(10(14)7-9)18-6-5-11(17-18)13(19)16-2/h3-8H,15H2,1-2H3,(H,16,19). The molecule has 1 atom stereocenters. The van der Waals surface area contributed by atoms with Crippen LogP contribution in [0.2, 0.25) is 0 Å². The Morgan fingerprint density at radius 1 is 1.47 bits per heavy atom. The van der Waals surface area contributed by atoms with Crippen LogP contribution in [0.3, 0.4) is 0 Å². The van der Waals surface area contributed by atoms with Crippen LogP contribution in [0, 0.1) is 0 Å². The Labute approximate surface area is 119 Å². The van der Waals surface area contributed by atoms with Crippen LogP contribution in [0.25, 0.3) is 5.69 Å². The van der Waals surface area contributed by atoms with Crippen molar-refractivity contribution in [3.05, 3.63) is 46.2 Å². The fourth-order valence-electron chi connectivity index (χ4n) is 1.70. The number of rotatable bonds is 3. The number of benzene rings is 1. The minimum absolute atomic E-state index is 0.0237. The second kappa shape index (κ2) is 5.54. The van der Waals surface area contributed by atoms with Gasteiger partial charge in [-0.25, -0.2) is 4.68 Å². The maximum Gasteiger partial charge on any atom is 0.271 e. The Hall–Kier alpha value is -1.66. The van der Waals surface area contributed by atoms with Crippen molar-refractivity contribution >= 4 is 21.8 Å². The molecule has 5 nitrogen and oxygen atoms in total. The molecule has 0 spiro atoms. The molecule has 0 aliphatic carbocycles. The van der Waals surface area contributed by atoms with Gasteiger partial charge in [0.15, 0.2) is 5.69 Å². The van der Waals surface area contributed by atoms with Gasteiger partial charge >= 0.3 is 0 Å². The highest BCUT2D eigenvalue weighted by Gasteiger charge is 2.11. The lowest BCUT2D eigenvalue weighted by Crippen LogP contribution is -2.18. The first-order valence-corrected chi connectivity index (χ1v) is 6.65. The first kappa shape index (κ1) is 13.8. The fourth-order valence-corrected chi connectivity index (χ4v) is 2.28. The average Bonchev–Trinajstić information content (AvgIpc) is 2.87. The summed E-state index contributed by atoms with van der Waals surface area (Å²) in [5.74, 6) is -0.206. The van der Waals surface area contributed by atoms with E-state index in [0.29, 0.717) is 5.69 Å². The van der Waals surface area contributed by atoms with Crippen LogP contribution in [0.15, 0.2) is 34.9 Å². The largest absolute Gasteiger partial charge is 0.354 e. The molecular weight excluding hydrogens is 308 g/mol. The number of hydrogen-bond donors (Lipinski definition) is 2. The first-order valence-electron chi connectivity index (χ1n) is 5.86. The van der Waals surface area contributed by atoms with Gasteiger partial charge in [-0.2, -0.15) is 5.10 Å². The third kappa shape index (κ3) is 2.85. The monoisotopic (exact) mass is 322 g/mol. The topological polar surface area (TPSA) is 72.9 Å². The number of nitrogens with zero attached hydrogens (tertiary/aromatic N) is 2. The lowest BCUT2D eigenvalue weighted by molar-refractivity contribution is 0.0957. The molecule has 0 saturated carbocycles. The van der Waals surface area contributed by atoms with Gasteiger partial charge in [-0.15, -0.1) is 0 Å². The van der Waals surface area contributed by atoms with Gasteiger partial charge < -0.3 is 11.1 Å². The second-order valence-corrected chi connectivity index (χ2v) is 5.08. The van der Waals surface area contributed by atoms with E-state index in [4.69, 9.17) is 5.73 Å². The molecule has 2 rings (SSSR count). The van der Waals surface area contributed by atoms with E-state index in [0.717, 1.165) is 15.7 Å². The van der Waals surface area contributed by atoms with E-state index in [-0.39, 0.29) is 11.9 Å². The summed E-state index contributed by atoms with van der Waals surface area (Å²) in [4.78, 5) is 11.5. The highest BCUT2D eigenvalue weighted by molar-refractivity contribution is 9.10. The van der Waals surface area contributed by atoms with Crippen molar-refractivity contribution < 1.29 is 4.79 Å². The van der Waals surface area contributed by atoms with Crippen LogP contribution >= 0.6 is 15.9 Å². The molecule has 0 bridgehead atoms. The summed E-state index contributed by atoms with van der Waals surface area (Å²) in [6.07, 6.45) is 1.75. The molecular formula is C13H15BrN4O. The number of carbonyl (C=O) groups is 1. The molecule has 0 saturated heterocycles. The summed E-state index contributed by atoms with van der Waals surface area (Å²) < 4.78 is 2.54. The highest BCUT2D eigenvalue weighted by atomic mass is 79.9. The summed E-state index contributed by atoms with van der Waals surface area (Å²) in [6, 6.07) is 7.48. The molecule has 1 heterocycles. The lowest BCUT2D eigenvalue weighted by atomic mass is 10.1. The number of halogens is 1. The van der Waals surface area contributed by atoms with Crippen molar-refractivity contribution in [1.29, 1.82) is 0 Å². The molecule has 1 amide bonds. The lowest BCUT2D eigenvalue weighted by Gasteiger charge is -2.09. The number of aromatic nitrogens is 2. The zero-order chi connectivity index (χ0) is 14.0. The number of amides is 1. The Balaban J connectivity index is 2.37. The van der Waals surface area contributed by atoms with Gasteiger partial charge in [-0.05, 0) is 46.6 Å². The van der Waals surface area contributed by atoms with Crippen molar-refractivity contribution in [2.24, 2.45) is 5.73 Å². The van der Waals surface area contributed by atoms with E-state index in [1.807, 2.05) is 25.1 Å². The van der Waals surface area contributed by atoms with E-state index >= 15 is 0 Å². The Kier molecular flexibility index (Phi) is 4.01. The van der Waals surface area contributed by atoms with Crippen molar-refractivity contribution in [2.45, 2.75) is 13.0 Å². The van der Waals surface area contributed by atoms with E-state index in [1.165, 1.54) is 0 Å². The van der Waals surface area contributed by atoms with Crippen LogP contribution in [0.1, 0.15) is 29.0 Å². The summed E-state index contributed by atoms with van der Waals surface area (Å²) in [7, 11) is 1.58. The summed E-state index contributed by atoms with van der Waals surface area (Å²) in [6.45, 7) is 1.93. The maximum atomic E-state index is 11.5. The molecule has 0 radical (unpaired) electrons. The van der Waals surface area contributed by atoms with Crippen molar-refractivity contribution in [3.8, 4) is 5.69 Å². The van der Waals surface area contributed by atoms with Crippen LogP contribution in [-0.2, 0) is 0 Å². The first-order chi connectivity index (χ1) is 9.02. The molecule has 3 N–H and O–H groups in total. The molecule has 1 aromatic heterocycles. The molecule has 0 fully saturated rings. The predicted octanol–water partition coefficient (Wildman–Crippen LogP) is 2.01. The van der Waals surface area contributed by atoms with Gasteiger partial charge in [0.1, 0.15) is 0 Å². The zero-order valence-corrected chi connectivity index (χ0v) is 12.3. The van der Waals surface area contributed by atoms with Crippen molar-refractivity contribution in [1.82, 2.24) is 15.1 Å². The van der Waals surface area contributed by atoms with Crippen LogP contribution in [0.5, 0.6) is 0 Å². The average molecular weight is 323 g/mol. The van der Waals surface area contributed by atoms with E-state index in [2.05, 4.69) is 26.3 Å². The smallest absolute Gasteiger partial charge is 0.271 e. The zero-order valence-electron chi connectivity index (χ0n) is 10.7. The minimum Gasteiger partial charge on any atom is -0.354 e. The number of hydrogen-bond acceptors (Lipinski definition) is 3. The number of carbonyl (C=O) groups excluding carboxylic acids is 1. The minimum atomic E-state index is -0.206. The van der Waals surface area contributed by atoms with Gasteiger partial charge in [-0.3, -0.25) is 4.79 Å². The molecule has 1 unspecified atom stereocenters. The number of nitrogens with two attached hydrogens (primary N) is 1. The highest BCUT2D eigenvalue weighted by Crippen LogP contribution is 2.24. The molecule has 19 heavy (non-hydrogen) atoms. The predicted molar refractivity (Wildman–Crippen MR) is 77.3 cm³/mol. The normalized spacial score (nSPS) is 12.2. The van der Waals surface area contributed by atoms with E-state index in [9.17, 15) is 4.79 Å². The fraction of sp³-hybridized carbons (Fsp3) is 0.231. The van der Waals surface area contributed by atoms with E-state index < -0.39 is 0 Å². The molecule has 1 aromatic carbocycles. The third-order valence-electron chi connectivity index (χ3n) is 2.79. The number of nitrogens with one attached hydrogen (secondary N) is 1. The van der Waals surface area contributed by atoms with Gasteiger partial charge in [-0.1, -0.05) is 6.07 Å². The quantitative estimate of drug-likeness (QED) is 0.907. The Bertz CT molecular complexity index is 606. The van der Waals surface area contributed by atoms with E-state index in [1.54, 1.807) is 24.0 Å². The summed E-state index contributed by atoms with van der Waals surface area (Å²) in [5, 5.41) is 6.77.